The van der Waals surface area contributed by atoms with E-state index in [1.54, 1.807) is 25.3 Å². The number of amides is 1. The topological polar surface area (TPSA) is 66.8 Å². The quantitative estimate of drug-likeness (QED) is 0.801. The molecule has 1 amide bonds. The molecule has 0 radical (unpaired) electrons. The lowest BCUT2D eigenvalue weighted by atomic mass is 9.92. The maximum atomic E-state index is 13.0. The van der Waals surface area contributed by atoms with Crippen molar-refractivity contribution in [1.29, 1.82) is 0 Å². The summed E-state index contributed by atoms with van der Waals surface area (Å²) in [6, 6.07) is 14.0. The first kappa shape index (κ1) is 19.7. The molecule has 1 aliphatic rings. The van der Waals surface area contributed by atoms with E-state index in [-0.39, 0.29) is 23.7 Å². The first-order valence-electron chi connectivity index (χ1n) is 9.34. The van der Waals surface area contributed by atoms with E-state index < -0.39 is 17.7 Å². The van der Waals surface area contributed by atoms with Gasteiger partial charge < -0.3 is 9.84 Å². The van der Waals surface area contributed by atoms with E-state index in [1.165, 1.54) is 4.90 Å². The molecule has 0 aromatic heterocycles. The van der Waals surface area contributed by atoms with Crippen LogP contribution >= 0.6 is 0 Å². The second-order valence-corrected chi connectivity index (χ2v) is 7.48. The van der Waals surface area contributed by atoms with E-state index in [9.17, 15) is 14.7 Å². The molecular weight excluding hydrogens is 354 g/mol. The molecule has 0 saturated carbocycles. The number of Topliss-reactive ketones (excluding diaryl/α,β-unsaturated/α-hetero) is 1. The summed E-state index contributed by atoms with van der Waals surface area (Å²) in [7, 11) is 1.56. The number of nitrogens with zero attached hydrogens (tertiary/aromatic N) is 1. The molecule has 1 heterocycles. The van der Waals surface area contributed by atoms with Crippen LogP contribution in [0.3, 0.4) is 0 Å². The third-order valence-corrected chi connectivity index (χ3v) is 4.79. The van der Waals surface area contributed by atoms with Crippen molar-refractivity contribution in [3.63, 3.8) is 0 Å². The van der Waals surface area contributed by atoms with Crippen LogP contribution in [-0.2, 0) is 9.59 Å². The van der Waals surface area contributed by atoms with Crippen molar-refractivity contribution in [3.8, 4) is 5.75 Å². The van der Waals surface area contributed by atoms with Crippen molar-refractivity contribution >= 4 is 17.4 Å². The standard InChI is InChI=1S/C23H25NO4/c1-14(2)11-19(25)20-21(16-8-6-10-18(13-16)28-4)24(23(27)22(20)26)17-9-5-7-15(3)12-17/h5-10,12-14,21,26H,11H2,1-4H3. The van der Waals surface area contributed by atoms with Gasteiger partial charge in [0, 0.05) is 12.1 Å². The normalized spacial score (nSPS) is 16.8. The van der Waals surface area contributed by atoms with Crippen LogP contribution in [0.25, 0.3) is 0 Å². The zero-order valence-electron chi connectivity index (χ0n) is 16.6. The van der Waals surface area contributed by atoms with Gasteiger partial charge in [0.05, 0.1) is 18.7 Å². The molecule has 1 atom stereocenters. The Kier molecular flexibility index (Phi) is 5.54. The summed E-state index contributed by atoms with van der Waals surface area (Å²) in [4.78, 5) is 27.4. The van der Waals surface area contributed by atoms with Crippen molar-refractivity contribution in [2.75, 3.05) is 12.0 Å². The summed E-state index contributed by atoms with van der Waals surface area (Å²) in [5, 5.41) is 10.6. The number of anilines is 1. The number of ketones is 1. The van der Waals surface area contributed by atoms with Gasteiger partial charge in [-0.15, -0.1) is 0 Å². The van der Waals surface area contributed by atoms with E-state index in [0.29, 0.717) is 17.0 Å². The summed E-state index contributed by atoms with van der Waals surface area (Å²) in [6.45, 7) is 5.80. The molecule has 5 heteroatoms. The maximum absolute atomic E-state index is 13.0. The number of aliphatic hydroxyl groups excluding tert-OH is 1. The van der Waals surface area contributed by atoms with Crippen LogP contribution in [0.4, 0.5) is 5.69 Å². The first-order chi connectivity index (χ1) is 13.3. The number of hydrogen-bond donors (Lipinski definition) is 1. The largest absolute Gasteiger partial charge is 0.503 e. The Hall–Kier alpha value is -3.08. The van der Waals surface area contributed by atoms with E-state index in [0.717, 1.165) is 5.56 Å². The average molecular weight is 379 g/mol. The van der Waals surface area contributed by atoms with Crippen LogP contribution in [0.2, 0.25) is 0 Å². The summed E-state index contributed by atoms with van der Waals surface area (Å²) in [5.74, 6) is -0.521. The van der Waals surface area contributed by atoms with Gasteiger partial charge in [-0.25, -0.2) is 0 Å². The van der Waals surface area contributed by atoms with Crippen molar-refractivity contribution in [1.82, 2.24) is 0 Å². The molecule has 1 unspecified atom stereocenters. The molecule has 28 heavy (non-hydrogen) atoms. The Morgan fingerprint density at radius 3 is 2.54 bits per heavy atom. The fourth-order valence-electron chi connectivity index (χ4n) is 3.54. The summed E-state index contributed by atoms with van der Waals surface area (Å²) in [5.41, 5.74) is 2.48. The maximum Gasteiger partial charge on any atom is 0.294 e. The Morgan fingerprint density at radius 2 is 1.89 bits per heavy atom. The number of aryl methyl sites for hydroxylation is 1. The van der Waals surface area contributed by atoms with Crippen LogP contribution in [0.15, 0.2) is 59.9 Å². The van der Waals surface area contributed by atoms with Gasteiger partial charge in [-0.3, -0.25) is 14.5 Å². The fourth-order valence-corrected chi connectivity index (χ4v) is 3.54. The van der Waals surface area contributed by atoms with Crippen LogP contribution in [0.1, 0.15) is 37.4 Å². The zero-order chi connectivity index (χ0) is 20.4. The molecule has 0 spiro atoms. The minimum Gasteiger partial charge on any atom is -0.503 e. The lowest BCUT2D eigenvalue weighted by molar-refractivity contribution is -0.118. The number of ether oxygens (including phenoxy) is 1. The Morgan fingerprint density at radius 1 is 1.18 bits per heavy atom. The minimum absolute atomic E-state index is 0.113. The highest BCUT2D eigenvalue weighted by molar-refractivity contribution is 6.16. The van der Waals surface area contributed by atoms with Crippen LogP contribution in [0, 0.1) is 12.8 Å². The Bertz CT molecular complexity index is 945. The number of aliphatic hydroxyl groups is 1. The Balaban J connectivity index is 2.17. The summed E-state index contributed by atoms with van der Waals surface area (Å²) in [6.07, 6.45) is 0.259. The van der Waals surface area contributed by atoms with Crippen LogP contribution in [0.5, 0.6) is 5.75 Å². The smallest absolute Gasteiger partial charge is 0.294 e. The second kappa shape index (κ2) is 7.89. The molecule has 3 rings (SSSR count). The predicted octanol–water partition coefficient (Wildman–Crippen LogP) is 4.52. The van der Waals surface area contributed by atoms with Crippen molar-refractivity contribution in [2.24, 2.45) is 5.92 Å². The highest BCUT2D eigenvalue weighted by atomic mass is 16.5. The molecule has 2 aromatic carbocycles. The highest BCUT2D eigenvalue weighted by Gasteiger charge is 2.44. The van der Waals surface area contributed by atoms with E-state index in [4.69, 9.17) is 4.74 Å². The number of hydrogen-bond acceptors (Lipinski definition) is 4. The summed E-state index contributed by atoms with van der Waals surface area (Å²) >= 11 is 0. The molecule has 1 aliphatic heterocycles. The van der Waals surface area contributed by atoms with E-state index in [1.807, 2.05) is 51.1 Å². The van der Waals surface area contributed by atoms with Crippen molar-refractivity contribution in [3.05, 3.63) is 71.0 Å². The van der Waals surface area contributed by atoms with Crippen LogP contribution in [-0.4, -0.2) is 23.9 Å². The SMILES string of the molecule is COc1cccc(C2C(C(=O)CC(C)C)=C(O)C(=O)N2c2cccc(C)c2)c1. The molecule has 0 bridgehead atoms. The minimum atomic E-state index is -0.698. The molecule has 0 saturated heterocycles. The zero-order valence-corrected chi connectivity index (χ0v) is 16.6. The van der Waals surface area contributed by atoms with Gasteiger partial charge in [0.2, 0.25) is 0 Å². The third-order valence-electron chi connectivity index (χ3n) is 4.79. The van der Waals surface area contributed by atoms with Gasteiger partial charge in [0.1, 0.15) is 5.75 Å². The number of carbonyl (C=O) groups excluding carboxylic acids is 2. The fraction of sp³-hybridized carbons (Fsp3) is 0.304. The molecule has 0 fully saturated rings. The van der Waals surface area contributed by atoms with E-state index >= 15 is 0 Å². The van der Waals surface area contributed by atoms with Gasteiger partial charge in [-0.2, -0.15) is 0 Å². The number of benzene rings is 2. The summed E-state index contributed by atoms with van der Waals surface area (Å²) < 4.78 is 5.32. The lowest BCUT2D eigenvalue weighted by Gasteiger charge is -2.27. The van der Waals surface area contributed by atoms with Gasteiger partial charge in [0.15, 0.2) is 11.5 Å². The monoisotopic (exact) mass is 379 g/mol. The average Bonchev–Trinajstić information content (AvgIpc) is 2.92. The Labute approximate surface area is 165 Å². The molecule has 5 nitrogen and oxygen atoms in total. The highest BCUT2D eigenvalue weighted by Crippen LogP contribution is 2.42. The number of rotatable bonds is 6. The second-order valence-electron chi connectivity index (χ2n) is 7.48. The molecule has 2 aromatic rings. The number of carbonyl (C=O) groups is 2. The van der Waals surface area contributed by atoms with Gasteiger partial charge in [-0.05, 0) is 48.2 Å². The molecule has 0 aliphatic carbocycles. The van der Waals surface area contributed by atoms with Crippen LogP contribution < -0.4 is 9.64 Å². The molecular formula is C23H25NO4. The third kappa shape index (κ3) is 3.65. The first-order valence-corrected chi connectivity index (χ1v) is 9.34. The van der Waals surface area contributed by atoms with Gasteiger partial charge >= 0.3 is 0 Å². The lowest BCUT2D eigenvalue weighted by Crippen LogP contribution is -2.31. The van der Waals surface area contributed by atoms with E-state index in [2.05, 4.69) is 0 Å². The number of methoxy groups -OCH3 is 1. The van der Waals surface area contributed by atoms with Crippen molar-refractivity contribution < 1.29 is 19.4 Å². The van der Waals surface area contributed by atoms with Gasteiger partial charge in [0.25, 0.3) is 5.91 Å². The molecule has 146 valence electrons. The van der Waals surface area contributed by atoms with Gasteiger partial charge in [-0.1, -0.05) is 38.1 Å². The molecule has 1 N–H and O–H groups in total. The predicted molar refractivity (Wildman–Crippen MR) is 109 cm³/mol. The van der Waals surface area contributed by atoms with Crippen molar-refractivity contribution in [2.45, 2.75) is 33.2 Å².